The molecule has 0 saturated carbocycles. The Kier molecular flexibility index (Phi) is 6.37. The lowest BCUT2D eigenvalue weighted by Gasteiger charge is -2.27. The Morgan fingerprint density at radius 2 is 1.70 bits per heavy atom. The number of para-hydroxylation sites is 1. The van der Waals surface area contributed by atoms with Crippen LogP contribution in [0.4, 0.5) is 4.39 Å². The Balaban J connectivity index is 1.28. The van der Waals surface area contributed by atoms with Gasteiger partial charge in [0.15, 0.2) is 0 Å². The molecule has 0 aliphatic carbocycles. The number of benzene rings is 3. The number of nitrogens with zero attached hydrogens (tertiary/aromatic N) is 1. The maximum atomic E-state index is 14.5. The molecule has 2 heterocycles. The molecule has 6 heteroatoms. The van der Waals surface area contributed by atoms with Gasteiger partial charge in [0.25, 0.3) is 0 Å². The van der Waals surface area contributed by atoms with Crippen molar-refractivity contribution in [3.05, 3.63) is 101 Å². The number of fused-ring (bicyclic) bond motifs is 2. The van der Waals surface area contributed by atoms with Gasteiger partial charge in [0, 0.05) is 30.8 Å². The van der Waals surface area contributed by atoms with Crippen LogP contribution in [0, 0.1) is 5.82 Å². The number of carbonyl (C=O) groups excluding carboxylic acids is 1. The van der Waals surface area contributed by atoms with Gasteiger partial charge >= 0.3 is 0 Å². The highest BCUT2D eigenvalue weighted by molar-refractivity contribution is 5.78. The van der Waals surface area contributed by atoms with Crippen LogP contribution in [0.3, 0.4) is 0 Å². The molecule has 0 saturated heterocycles. The predicted molar refractivity (Wildman–Crippen MR) is 123 cm³/mol. The van der Waals surface area contributed by atoms with Gasteiger partial charge < -0.3 is 14.8 Å². The van der Waals surface area contributed by atoms with Gasteiger partial charge in [-0.25, -0.2) is 4.39 Å². The summed E-state index contributed by atoms with van der Waals surface area (Å²) >= 11 is 0. The molecule has 0 aromatic heterocycles. The lowest BCUT2D eigenvalue weighted by Crippen LogP contribution is -2.40. The van der Waals surface area contributed by atoms with Crippen molar-refractivity contribution in [1.82, 2.24) is 10.2 Å². The number of hydrogen-bond donors (Lipinski definition) is 1. The fraction of sp³-hybridized carbons (Fsp3) is 0.296. The minimum absolute atomic E-state index is 0.0895. The van der Waals surface area contributed by atoms with E-state index in [1.54, 1.807) is 18.2 Å². The van der Waals surface area contributed by atoms with E-state index >= 15 is 0 Å². The molecule has 170 valence electrons. The quantitative estimate of drug-likeness (QED) is 0.639. The maximum absolute atomic E-state index is 14.5. The number of amides is 1. The fourth-order valence-corrected chi connectivity index (χ4v) is 4.61. The lowest BCUT2D eigenvalue weighted by molar-refractivity contribution is -0.123. The summed E-state index contributed by atoms with van der Waals surface area (Å²) in [7, 11) is 0. The summed E-state index contributed by atoms with van der Waals surface area (Å²) in [5, 5.41) is 3.03. The summed E-state index contributed by atoms with van der Waals surface area (Å²) in [4.78, 5) is 14.9. The average Bonchev–Trinajstić information content (AvgIpc) is 3.02. The zero-order valence-electron chi connectivity index (χ0n) is 18.4. The van der Waals surface area contributed by atoms with E-state index in [0.29, 0.717) is 31.8 Å². The van der Waals surface area contributed by atoms with E-state index in [0.717, 1.165) is 23.3 Å². The first kappa shape index (κ1) is 21.6. The van der Waals surface area contributed by atoms with E-state index in [9.17, 15) is 9.18 Å². The second-order valence-electron chi connectivity index (χ2n) is 8.52. The highest BCUT2D eigenvalue weighted by atomic mass is 19.1. The third-order valence-electron chi connectivity index (χ3n) is 6.26. The van der Waals surface area contributed by atoms with Gasteiger partial charge in [-0.3, -0.25) is 9.69 Å². The monoisotopic (exact) mass is 446 g/mol. The molecule has 0 fully saturated rings. The third-order valence-corrected chi connectivity index (χ3v) is 6.26. The van der Waals surface area contributed by atoms with Gasteiger partial charge in [0.2, 0.25) is 5.91 Å². The van der Waals surface area contributed by atoms with E-state index < -0.39 is 6.10 Å². The van der Waals surface area contributed by atoms with Gasteiger partial charge in [-0.05, 0) is 29.7 Å². The number of nitrogens with one attached hydrogen (secondary N) is 1. The van der Waals surface area contributed by atoms with Gasteiger partial charge in [-0.1, -0.05) is 60.7 Å². The number of halogens is 1. The highest BCUT2D eigenvalue weighted by Crippen LogP contribution is 2.32. The molecule has 1 N–H and O–H groups in total. The SMILES string of the molecule is O=C(CN1Cc2ccccc2O[C@H](c2ccccc2F)C1)NC[C@H]1OCCc2ccccc21. The minimum Gasteiger partial charge on any atom is -0.484 e. The largest absolute Gasteiger partial charge is 0.484 e. The molecule has 5 rings (SSSR count). The molecular formula is C27H27FN2O3. The van der Waals surface area contributed by atoms with E-state index in [2.05, 4.69) is 17.4 Å². The number of rotatable bonds is 5. The van der Waals surface area contributed by atoms with Crippen LogP contribution in [0.1, 0.15) is 34.5 Å². The van der Waals surface area contributed by atoms with Crippen LogP contribution >= 0.6 is 0 Å². The molecule has 5 nitrogen and oxygen atoms in total. The normalized spacial score (nSPS) is 20.2. The predicted octanol–water partition coefficient (Wildman–Crippen LogP) is 4.19. The van der Waals surface area contributed by atoms with Crippen molar-refractivity contribution in [3.8, 4) is 5.75 Å². The Labute approximate surface area is 193 Å². The van der Waals surface area contributed by atoms with Gasteiger partial charge in [0.1, 0.15) is 23.8 Å². The second-order valence-corrected chi connectivity index (χ2v) is 8.52. The molecule has 0 spiro atoms. The number of hydrogen-bond acceptors (Lipinski definition) is 4. The molecule has 2 atom stereocenters. The maximum Gasteiger partial charge on any atom is 0.234 e. The van der Waals surface area contributed by atoms with Crippen LogP contribution in [-0.2, 0) is 22.5 Å². The summed E-state index contributed by atoms with van der Waals surface area (Å²) in [5.41, 5.74) is 3.89. The van der Waals surface area contributed by atoms with Crippen molar-refractivity contribution in [2.75, 3.05) is 26.2 Å². The summed E-state index contributed by atoms with van der Waals surface area (Å²) in [6.07, 6.45) is 0.250. The molecule has 2 aliphatic rings. The fourth-order valence-electron chi connectivity index (χ4n) is 4.61. The first-order valence-corrected chi connectivity index (χ1v) is 11.3. The number of carbonyl (C=O) groups is 1. The molecule has 1 amide bonds. The summed E-state index contributed by atoms with van der Waals surface area (Å²) in [5.74, 6) is 0.327. The summed E-state index contributed by atoms with van der Waals surface area (Å²) in [6.45, 7) is 2.23. The first-order chi connectivity index (χ1) is 16.2. The van der Waals surface area contributed by atoms with E-state index in [4.69, 9.17) is 9.47 Å². The summed E-state index contributed by atoms with van der Waals surface area (Å²) < 4.78 is 26.6. The van der Waals surface area contributed by atoms with E-state index in [1.165, 1.54) is 11.6 Å². The zero-order chi connectivity index (χ0) is 22.6. The molecule has 0 unspecified atom stereocenters. The van der Waals surface area contributed by atoms with Gasteiger partial charge in [-0.2, -0.15) is 0 Å². The molecular weight excluding hydrogens is 419 g/mol. The second kappa shape index (κ2) is 9.73. The lowest BCUT2D eigenvalue weighted by atomic mass is 9.97. The Morgan fingerprint density at radius 3 is 2.55 bits per heavy atom. The van der Waals surface area contributed by atoms with E-state index in [1.807, 2.05) is 41.3 Å². The van der Waals surface area contributed by atoms with Crippen molar-refractivity contribution in [2.24, 2.45) is 0 Å². The molecule has 3 aromatic rings. The van der Waals surface area contributed by atoms with Crippen LogP contribution in [0.15, 0.2) is 72.8 Å². The van der Waals surface area contributed by atoms with Gasteiger partial charge in [-0.15, -0.1) is 0 Å². The van der Waals surface area contributed by atoms with Crippen LogP contribution < -0.4 is 10.1 Å². The van der Waals surface area contributed by atoms with Crippen LogP contribution in [0.5, 0.6) is 5.75 Å². The third kappa shape index (κ3) is 4.92. The Bertz CT molecular complexity index is 1140. The topological polar surface area (TPSA) is 50.8 Å². The Morgan fingerprint density at radius 1 is 0.970 bits per heavy atom. The minimum atomic E-state index is -0.504. The van der Waals surface area contributed by atoms with Crippen molar-refractivity contribution < 1.29 is 18.7 Å². The van der Waals surface area contributed by atoms with Crippen molar-refractivity contribution >= 4 is 5.91 Å². The Hall–Kier alpha value is -3.22. The molecule has 0 radical (unpaired) electrons. The van der Waals surface area contributed by atoms with Gasteiger partial charge in [0.05, 0.1) is 13.2 Å². The average molecular weight is 447 g/mol. The van der Waals surface area contributed by atoms with E-state index in [-0.39, 0.29) is 24.4 Å². The van der Waals surface area contributed by atoms with Crippen molar-refractivity contribution in [1.29, 1.82) is 0 Å². The molecule has 0 bridgehead atoms. The molecule has 3 aromatic carbocycles. The zero-order valence-corrected chi connectivity index (χ0v) is 18.4. The smallest absolute Gasteiger partial charge is 0.234 e. The van der Waals surface area contributed by atoms with Crippen LogP contribution in [0.2, 0.25) is 0 Å². The standard InChI is InChI=1S/C27H27FN2O3/c28-23-11-5-4-10-22(23)26-17-30(16-20-8-2-6-12-24(20)33-26)18-27(31)29-15-25-21-9-3-1-7-19(21)13-14-32-25/h1-12,25-26H,13-18H2,(H,29,31)/t25-,26+/m1/s1. The van der Waals surface area contributed by atoms with Crippen molar-refractivity contribution in [2.45, 2.75) is 25.2 Å². The molecule has 2 aliphatic heterocycles. The highest BCUT2D eigenvalue weighted by Gasteiger charge is 2.28. The molecule has 33 heavy (non-hydrogen) atoms. The van der Waals surface area contributed by atoms with Crippen molar-refractivity contribution in [3.63, 3.8) is 0 Å². The first-order valence-electron chi connectivity index (χ1n) is 11.3. The number of ether oxygens (including phenoxy) is 2. The van der Waals surface area contributed by atoms with Crippen LogP contribution in [-0.4, -0.2) is 37.0 Å². The summed E-state index contributed by atoms with van der Waals surface area (Å²) in [6, 6.07) is 22.6. The van der Waals surface area contributed by atoms with Crippen LogP contribution in [0.25, 0.3) is 0 Å².